The van der Waals surface area contributed by atoms with Crippen molar-refractivity contribution >= 4 is 22.5 Å². The molecule has 0 unspecified atom stereocenters. The molecular formula is C20H24OS. The molecule has 116 valence electrons. The Morgan fingerprint density at radius 2 is 1.77 bits per heavy atom. The quantitative estimate of drug-likeness (QED) is 0.761. The molecule has 0 saturated carbocycles. The van der Waals surface area contributed by atoms with Gasteiger partial charge in [0, 0.05) is 10.1 Å². The second kappa shape index (κ2) is 6.89. The SMILES string of the molecule is C[C@@H]1C[C@H](Sc2ccc3ccccc3c2)/C=C\C[C@H](C)[C@@H]1O. The van der Waals surface area contributed by atoms with Crippen LogP contribution in [0.25, 0.3) is 10.8 Å². The molecule has 0 fully saturated rings. The lowest BCUT2D eigenvalue weighted by Gasteiger charge is -2.28. The number of benzene rings is 2. The van der Waals surface area contributed by atoms with E-state index < -0.39 is 0 Å². The predicted octanol–water partition coefficient (Wildman–Crippen LogP) is 5.28. The van der Waals surface area contributed by atoms with Crippen LogP contribution in [0.4, 0.5) is 0 Å². The Morgan fingerprint density at radius 3 is 2.59 bits per heavy atom. The van der Waals surface area contributed by atoms with Crippen molar-refractivity contribution in [2.45, 2.75) is 42.9 Å². The van der Waals surface area contributed by atoms with Crippen molar-refractivity contribution in [3.05, 3.63) is 54.6 Å². The van der Waals surface area contributed by atoms with E-state index in [1.807, 2.05) is 11.8 Å². The van der Waals surface area contributed by atoms with Gasteiger partial charge in [-0.05, 0) is 47.6 Å². The molecule has 1 nitrogen and oxygen atoms in total. The van der Waals surface area contributed by atoms with Crippen molar-refractivity contribution < 1.29 is 5.11 Å². The summed E-state index contributed by atoms with van der Waals surface area (Å²) >= 11 is 1.91. The van der Waals surface area contributed by atoms with Gasteiger partial charge in [0.25, 0.3) is 0 Å². The van der Waals surface area contributed by atoms with Crippen LogP contribution < -0.4 is 0 Å². The third kappa shape index (κ3) is 3.56. The molecule has 4 atom stereocenters. The van der Waals surface area contributed by atoms with E-state index in [0.717, 1.165) is 12.8 Å². The van der Waals surface area contributed by atoms with Crippen LogP contribution in [-0.4, -0.2) is 16.5 Å². The highest BCUT2D eigenvalue weighted by Crippen LogP contribution is 2.34. The zero-order valence-electron chi connectivity index (χ0n) is 13.3. The molecule has 1 aliphatic carbocycles. The molecule has 2 aromatic rings. The molecule has 0 spiro atoms. The molecule has 1 N–H and O–H groups in total. The maximum absolute atomic E-state index is 10.3. The lowest BCUT2D eigenvalue weighted by Crippen LogP contribution is -2.28. The van der Waals surface area contributed by atoms with Gasteiger partial charge in [-0.15, -0.1) is 11.8 Å². The molecule has 0 radical (unpaired) electrons. The maximum atomic E-state index is 10.3. The molecule has 2 heteroatoms. The Morgan fingerprint density at radius 1 is 1.00 bits per heavy atom. The average molecular weight is 312 g/mol. The van der Waals surface area contributed by atoms with Crippen molar-refractivity contribution in [3.63, 3.8) is 0 Å². The van der Waals surface area contributed by atoms with E-state index in [4.69, 9.17) is 0 Å². The highest BCUT2D eigenvalue weighted by Gasteiger charge is 2.25. The molecule has 0 bridgehead atoms. The lowest BCUT2D eigenvalue weighted by molar-refractivity contribution is 0.0617. The largest absolute Gasteiger partial charge is 0.393 e. The second-order valence-corrected chi connectivity index (χ2v) is 7.82. The van der Waals surface area contributed by atoms with Crippen LogP contribution in [-0.2, 0) is 0 Å². The minimum atomic E-state index is -0.190. The van der Waals surface area contributed by atoms with E-state index in [2.05, 4.69) is 68.5 Å². The van der Waals surface area contributed by atoms with Crippen molar-refractivity contribution in [3.8, 4) is 0 Å². The molecule has 0 heterocycles. The summed E-state index contributed by atoms with van der Waals surface area (Å²) in [5, 5.41) is 13.4. The monoisotopic (exact) mass is 312 g/mol. The van der Waals surface area contributed by atoms with Gasteiger partial charge in [-0.25, -0.2) is 0 Å². The van der Waals surface area contributed by atoms with Crippen molar-refractivity contribution in [2.24, 2.45) is 11.8 Å². The van der Waals surface area contributed by atoms with Gasteiger partial charge in [0.1, 0.15) is 0 Å². The highest BCUT2D eigenvalue weighted by molar-refractivity contribution is 8.00. The number of allylic oxidation sites excluding steroid dienone is 1. The smallest absolute Gasteiger partial charge is 0.0594 e. The highest BCUT2D eigenvalue weighted by atomic mass is 32.2. The van der Waals surface area contributed by atoms with Gasteiger partial charge in [-0.2, -0.15) is 0 Å². The fourth-order valence-electron chi connectivity index (χ4n) is 3.23. The zero-order valence-corrected chi connectivity index (χ0v) is 14.1. The van der Waals surface area contributed by atoms with Crippen molar-refractivity contribution in [1.82, 2.24) is 0 Å². The number of aliphatic hydroxyl groups is 1. The Balaban J connectivity index is 1.78. The molecule has 0 amide bonds. The number of fused-ring (bicyclic) bond motifs is 1. The van der Waals surface area contributed by atoms with Gasteiger partial charge in [-0.3, -0.25) is 0 Å². The number of rotatable bonds is 2. The van der Waals surface area contributed by atoms with Crippen LogP contribution in [0.1, 0.15) is 26.7 Å². The van der Waals surface area contributed by atoms with E-state index in [-0.39, 0.29) is 6.10 Å². The van der Waals surface area contributed by atoms with Crippen LogP contribution >= 0.6 is 11.8 Å². The van der Waals surface area contributed by atoms with E-state index in [0.29, 0.717) is 17.1 Å². The van der Waals surface area contributed by atoms with Gasteiger partial charge in [0.05, 0.1) is 6.10 Å². The minimum Gasteiger partial charge on any atom is -0.393 e. The van der Waals surface area contributed by atoms with E-state index in [1.165, 1.54) is 15.7 Å². The number of hydrogen-bond acceptors (Lipinski definition) is 2. The molecule has 1 aliphatic rings. The summed E-state index contributed by atoms with van der Waals surface area (Å²) < 4.78 is 0. The first-order chi connectivity index (χ1) is 10.6. The third-order valence-electron chi connectivity index (χ3n) is 4.64. The summed E-state index contributed by atoms with van der Waals surface area (Å²) in [5.41, 5.74) is 0. The van der Waals surface area contributed by atoms with Crippen molar-refractivity contribution in [2.75, 3.05) is 0 Å². The van der Waals surface area contributed by atoms with Crippen LogP contribution in [0.3, 0.4) is 0 Å². The summed E-state index contributed by atoms with van der Waals surface area (Å²) in [4.78, 5) is 1.31. The molecule has 2 aromatic carbocycles. The van der Waals surface area contributed by atoms with Crippen LogP contribution in [0.2, 0.25) is 0 Å². The summed E-state index contributed by atoms with van der Waals surface area (Å²) in [6, 6.07) is 15.2. The number of thioether (sulfide) groups is 1. The third-order valence-corrected chi connectivity index (χ3v) is 5.82. The van der Waals surface area contributed by atoms with Crippen LogP contribution in [0, 0.1) is 11.8 Å². The van der Waals surface area contributed by atoms with Crippen LogP contribution in [0.15, 0.2) is 59.5 Å². The Kier molecular flexibility index (Phi) is 4.90. The first-order valence-corrected chi connectivity index (χ1v) is 9.01. The zero-order chi connectivity index (χ0) is 15.5. The fraction of sp³-hybridized carbons (Fsp3) is 0.400. The van der Waals surface area contributed by atoms with Gasteiger partial charge in [0.2, 0.25) is 0 Å². The van der Waals surface area contributed by atoms with E-state index in [1.54, 1.807) is 0 Å². The van der Waals surface area contributed by atoms with Gasteiger partial charge < -0.3 is 5.11 Å². The molecular weight excluding hydrogens is 288 g/mol. The second-order valence-electron chi connectivity index (χ2n) is 6.51. The normalized spacial score (nSPS) is 30.7. The van der Waals surface area contributed by atoms with Gasteiger partial charge >= 0.3 is 0 Å². The Bertz CT molecular complexity index is 664. The fourth-order valence-corrected chi connectivity index (χ4v) is 4.51. The number of hydrogen-bond donors (Lipinski definition) is 1. The molecule has 0 saturated heterocycles. The first kappa shape index (κ1) is 15.6. The first-order valence-electron chi connectivity index (χ1n) is 8.13. The number of aliphatic hydroxyl groups excluding tert-OH is 1. The van der Waals surface area contributed by atoms with Gasteiger partial charge in [0.15, 0.2) is 0 Å². The van der Waals surface area contributed by atoms with E-state index in [9.17, 15) is 5.11 Å². The molecule has 3 rings (SSSR count). The maximum Gasteiger partial charge on any atom is 0.0594 e. The predicted molar refractivity (Wildman–Crippen MR) is 96.3 cm³/mol. The standard InChI is InChI=1S/C20H24OS/c1-14-6-5-9-18(12-15(2)20(14)21)22-19-11-10-16-7-3-4-8-17(16)13-19/h3-5,7-11,13-15,18,20-21H,6,12H2,1-2H3/b9-5-/t14-,15+,18+,20-/m0/s1. The Labute approximate surface area is 137 Å². The molecule has 22 heavy (non-hydrogen) atoms. The average Bonchev–Trinajstić information content (AvgIpc) is 2.52. The van der Waals surface area contributed by atoms with Crippen molar-refractivity contribution in [1.29, 1.82) is 0 Å². The van der Waals surface area contributed by atoms with E-state index >= 15 is 0 Å². The summed E-state index contributed by atoms with van der Waals surface area (Å²) in [6.45, 7) is 4.32. The molecule has 0 aromatic heterocycles. The minimum absolute atomic E-state index is 0.190. The topological polar surface area (TPSA) is 20.2 Å². The van der Waals surface area contributed by atoms with Crippen LogP contribution in [0.5, 0.6) is 0 Å². The lowest BCUT2D eigenvalue weighted by atomic mass is 9.86. The summed E-state index contributed by atoms with van der Waals surface area (Å²) in [7, 11) is 0. The molecule has 0 aliphatic heterocycles. The summed E-state index contributed by atoms with van der Waals surface area (Å²) in [5.74, 6) is 0.704. The Hall–Kier alpha value is -1.25. The summed E-state index contributed by atoms with van der Waals surface area (Å²) in [6.07, 6.45) is 6.39. The van der Waals surface area contributed by atoms with Gasteiger partial charge in [-0.1, -0.05) is 56.3 Å².